The summed E-state index contributed by atoms with van der Waals surface area (Å²) in [6.07, 6.45) is 0. The molecule has 0 unspecified atom stereocenters. The summed E-state index contributed by atoms with van der Waals surface area (Å²) in [6.45, 7) is 1.39. The minimum atomic E-state index is -3.13. The second kappa shape index (κ2) is 7.84. The number of piperazine rings is 1. The summed E-state index contributed by atoms with van der Waals surface area (Å²) in [5.74, 6) is -3.13. The number of alkyl halides is 2. The maximum Gasteiger partial charge on any atom is 0.289 e. The van der Waals surface area contributed by atoms with Crippen LogP contribution in [0.3, 0.4) is 0 Å². The molecule has 0 spiro atoms. The molecule has 1 heterocycles. The van der Waals surface area contributed by atoms with Gasteiger partial charge >= 0.3 is 0 Å². The molecule has 3 nitrogen and oxygen atoms in total. The largest absolute Gasteiger partial charge is 0.390 e. The van der Waals surface area contributed by atoms with Gasteiger partial charge in [0, 0.05) is 29.7 Å². The number of aliphatic hydroxyl groups is 1. The topological polar surface area (TPSA) is 35.5 Å². The van der Waals surface area contributed by atoms with Gasteiger partial charge in [0.1, 0.15) is 12.6 Å². The van der Waals surface area contributed by atoms with E-state index in [4.69, 9.17) is 5.11 Å². The number of nitrogens with one attached hydrogen (secondary N) is 1. The van der Waals surface area contributed by atoms with E-state index < -0.39 is 18.6 Å². The quantitative estimate of drug-likeness (QED) is 0.737. The van der Waals surface area contributed by atoms with Crippen molar-refractivity contribution in [3.63, 3.8) is 0 Å². The van der Waals surface area contributed by atoms with Crippen molar-refractivity contribution < 1.29 is 13.9 Å². The molecule has 1 saturated heterocycles. The lowest BCUT2D eigenvalue weighted by Crippen LogP contribution is -2.51. The van der Waals surface area contributed by atoms with Crippen LogP contribution in [0.1, 0.15) is 11.6 Å². The molecule has 20 heavy (non-hydrogen) atoms. The van der Waals surface area contributed by atoms with Crippen molar-refractivity contribution in [2.45, 2.75) is 12.0 Å². The highest BCUT2D eigenvalue weighted by Crippen LogP contribution is 2.36. The fourth-order valence-corrected chi connectivity index (χ4v) is 2.75. The Labute approximate surface area is 137 Å². The normalized spacial score (nSPS) is 18.4. The predicted octanol–water partition coefficient (Wildman–Crippen LogP) is 2.29. The molecule has 1 atom stereocenters. The number of benzene rings is 1. The highest BCUT2D eigenvalue weighted by Gasteiger charge is 2.43. The summed E-state index contributed by atoms with van der Waals surface area (Å²) in [5, 5.41) is 12.2. The van der Waals surface area contributed by atoms with Gasteiger partial charge in [-0.3, -0.25) is 4.90 Å². The molecule has 0 aliphatic carbocycles. The van der Waals surface area contributed by atoms with Crippen molar-refractivity contribution in [1.29, 1.82) is 0 Å². The number of aliphatic hydroxyl groups excluding tert-OH is 1. The summed E-state index contributed by atoms with van der Waals surface area (Å²) in [6, 6.07) is 6.02. The fourth-order valence-electron chi connectivity index (χ4n) is 2.39. The van der Waals surface area contributed by atoms with Crippen LogP contribution in [-0.4, -0.2) is 48.7 Å². The van der Waals surface area contributed by atoms with Gasteiger partial charge in [0.15, 0.2) is 0 Å². The highest BCUT2D eigenvalue weighted by molar-refractivity contribution is 14.1. The first-order valence-corrected chi connectivity index (χ1v) is 7.31. The van der Waals surface area contributed by atoms with Crippen molar-refractivity contribution in [3.8, 4) is 0 Å². The van der Waals surface area contributed by atoms with E-state index >= 15 is 0 Å². The minimum Gasteiger partial charge on any atom is -0.390 e. The third-order valence-corrected chi connectivity index (χ3v) is 4.03. The lowest BCUT2D eigenvalue weighted by molar-refractivity contribution is -0.118. The van der Waals surface area contributed by atoms with Gasteiger partial charge in [0.25, 0.3) is 5.92 Å². The van der Waals surface area contributed by atoms with Crippen LogP contribution in [0, 0.1) is 3.57 Å². The Morgan fingerprint density at radius 1 is 1.25 bits per heavy atom. The van der Waals surface area contributed by atoms with Gasteiger partial charge in [-0.1, -0.05) is 12.1 Å². The number of nitrogens with zero attached hydrogens (tertiary/aromatic N) is 1. The van der Waals surface area contributed by atoms with Crippen molar-refractivity contribution in [2.75, 3.05) is 32.8 Å². The van der Waals surface area contributed by atoms with E-state index in [1.165, 1.54) is 0 Å². The third-order valence-electron chi connectivity index (χ3n) is 3.31. The molecule has 2 rings (SSSR count). The number of hydrogen-bond donors (Lipinski definition) is 2. The van der Waals surface area contributed by atoms with Crippen LogP contribution in [0.25, 0.3) is 0 Å². The van der Waals surface area contributed by atoms with E-state index in [-0.39, 0.29) is 12.4 Å². The van der Waals surface area contributed by atoms with Crippen molar-refractivity contribution >= 4 is 35.0 Å². The Bertz CT molecular complexity index is 413. The first-order chi connectivity index (χ1) is 9.04. The summed E-state index contributed by atoms with van der Waals surface area (Å²) in [7, 11) is 0. The molecule has 1 aliphatic heterocycles. The number of halogens is 4. The molecule has 0 radical (unpaired) electrons. The molecule has 7 heteroatoms. The molecule has 1 aliphatic rings. The monoisotopic (exact) mass is 418 g/mol. The zero-order valence-electron chi connectivity index (χ0n) is 10.9. The average molecular weight is 419 g/mol. The van der Waals surface area contributed by atoms with E-state index in [1.807, 2.05) is 12.1 Å². The molecule has 0 amide bonds. The zero-order chi connectivity index (χ0) is 13.9. The molecule has 114 valence electrons. The van der Waals surface area contributed by atoms with Gasteiger partial charge in [0.05, 0.1) is 0 Å². The molecule has 1 fully saturated rings. The van der Waals surface area contributed by atoms with Gasteiger partial charge in [-0.15, -0.1) is 12.4 Å². The molecule has 0 aromatic heterocycles. The SMILES string of the molecule is Cl.OCC(F)(F)[C@H](c1ccc(I)cc1)N1CCNCC1. The van der Waals surface area contributed by atoms with Crippen LogP contribution in [0.5, 0.6) is 0 Å². The van der Waals surface area contributed by atoms with Crippen LogP contribution >= 0.6 is 35.0 Å². The zero-order valence-corrected chi connectivity index (χ0v) is 13.8. The lowest BCUT2D eigenvalue weighted by Gasteiger charge is -2.38. The van der Waals surface area contributed by atoms with Crippen LogP contribution < -0.4 is 5.32 Å². The smallest absolute Gasteiger partial charge is 0.289 e. The van der Waals surface area contributed by atoms with Crippen LogP contribution in [-0.2, 0) is 0 Å². The van der Waals surface area contributed by atoms with Gasteiger partial charge in [-0.25, -0.2) is 8.78 Å². The maximum absolute atomic E-state index is 14.1. The van der Waals surface area contributed by atoms with Crippen molar-refractivity contribution in [1.82, 2.24) is 10.2 Å². The second-order valence-electron chi connectivity index (χ2n) is 4.66. The van der Waals surface area contributed by atoms with Gasteiger partial charge in [0.2, 0.25) is 0 Å². The highest BCUT2D eigenvalue weighted by atomic mass is 127. The lowest BCUT2D eigenvalue weighted by atomic mass is 9.98. The van der Waals surface area contributed by atoms with E-state index in [1.54, 1.807) is 17.0 Å². The first kappa shape index (κ1) is 18.0. The van der Waals surface area contributed by atoms with Crippen LogP contribution in [0.15, 0.2) is 24.3 Å². The van der Waals surface area contributed by atoms with Gasteiger partial charge in [-0.2, -0.15) is 0 Å². The molecule has 1 aromatic rings. The predicted molar refractivity (Wildman–Crippen MR) is 85.6 cm³/mol. The maximum atomic E-state index is 14.1. The van der Waals surface area contributed by atoms with Gasteiger partial charge in [-0.05, 0) is 40.3 Å². The fraction of sp³-hybridized carbons (Fsp3) is 0.538. The number of rotatable bonds is 4. The average Bonchev–Trinajstić information content (AvgIpc) is 2.42. The van der Waals surface area contributed by atoms with Crippen LogP contribution in [0.4, 0.5) is 8.78 Å². The van der Waals surface area contributed by atoms with E-state index in [9.17, 15) is 8.78 Å². The number of hydrogen-bond acceptors (Lipinski definition) is 3. The Kier molecular flexibility index (Phi) is 7.07. The Morgan fingerprint density at radius 3 is 2.30 bits per heavy atom. The third kappa shape index (κ3) is 4.24. The standard InChI is InChI=1S/C13H17F2IN2O.ClH/c14-13(15,9-19)12(18-7-5-17-6-8-18)10-1-3-11(16)4-2-10;/h1-4,12,17,19H,5-9H2;1H/t12-;/m0./s1. The van der Waals surface area contributed by atoms with Crippen molar-refractivity contribution in [2.24, 2.45) is 0 Å². The summed E-state index contributed by atoms with van der Waals surface area (Å²) >= 11 is 2.14. The molecular formula is C13H18ClF2IN2O. The Morgan fingerprint density at radius 2 is 1.80 bits per heavy atom. The van der Waals surface area contributed by atoms with Crippen molar-refractivity contribution in [3.05, 3.63) is 33.4 Å². The Balaban J connectivity index is 0.00000200. The Hall–Kier alpha value is -0.0200. The summed E-state index contributed by atoms with van der Waals surface area (Å²) < 4.78 is 29.2. The molecule has 2 N–H and O–H groups in total. The van der Waals surface area contributed by atoms with Crippen LogP contribution in [0.2, 0.25) is 0 Å². The summed E-state index contributed by atoms with van der Waals surface area (Å²) in [4.78, 5) is 1.74. The molecule has 0 bridgehead atoms. The summed E-state index contributed by atoms with van der Waals surface area (Å²) in [5.41, 5.74) is 0.557. The van der Waals surface area contributed by atoms with E-state index in [2.05, 4.69) is 27.9 Å². The van der Waals surface area contributed by atoms with Gasteiger partial charge < -0.3 is 10.4 Å². The van der Waals surface area contributed by atoms with E-state index in [0.29, 0.717) is 31.7 Å². The van der Waals surface area contributed by atoms with E-state index in [0.717, 1.165) is 3.57 Å². The first-order valence-electron chi connectivity index (χ1n) is 6.23. The molecule has 0 saturated carbocycles. The minimum absolute atomic E-state index is 0. The molecule has 1 aromatic carbocycles. The molecular weight excluding hydrogens is 401 g/mol. The second-order valence-corrected chi connectivity index (χ2v) is 5.90.